The molecule has 0 saturated carbocycles. The van der Waals surface area contributed by atoms with Crippen LogP contribution in [0.1, 0.15) is 10.6 Å². The van der Waals surface area contributed by atoms with Gasteiger partial charge in [0.2, 0.25) is 5.82 Å². The molecule has 0 aliphatic carbocycles. The number of rotatable bonds is 4. The van der Waals surface area contributed by atoms with E-state index in [1.54, 1.807) is 37.4 Å². The molecule has 0 saturated heterocycles. The van der Waals surface area contributed by atoms with Crippen molar-refractivity contribution in [2.75, 3.05) is 7.11 Å². The van der Waals surface area contributed by atoms with Crippen LogP contribution in [0.4, 0.5) is 0 Å². The van der Waals surface area contributed by atoms with Gasteiger partial charge in [-0.1, -0.05) is 0 Å². The minimum atomic E-state index is -0.712. The second kappa shape index (κ2) is 6.16. The number of carbonyl (C=O) groups is 1. The highest BCUT2D eigenvalue weighted by molar-refractivity contribution is 7.17. The Kier molecular flexibility index (Phi) is 3.81. The largest absolute Gasteiger partial charge is 0.507 e. The molecule has 4 aromatic rings. The number of carbonyl (C=O) groups excluding carboxylic acids is 1. The van der Waals surface area contributed by atoms with Crippen molar-refractivity contribution >= 4 is 27.3 Å². The van der Waals surface area contributed by atoms with Crippen molar-refractivity contribution in [3.8, 4) is 28.6 Å². The van der Waals surface area contributed by atoms with Gasteiger partial charge in [-0.05, 0) is 53.2 Å². The first-order valence-electron chi connectivity index (χ1n) is 7.68. The Morgan fingerprint density at radius 2 is 1.96 bits per heavy atom. The van der Waals surface area contributed by atoms with Gasteiger partial charge in [0, 0.05) is 10.4 Å². The Balaban J connectivity index is 1.96. The number of phenols is 1. The number of benzene rings is 2. The number of nitrogens with two attached hydrogens (primary N) is 1. The smallest absolute Gasteiger partial charge is 0.287 e. The molecule has 0 radical (unpaired) electrons. The lowest BCUT2D eigenvalue weighted by Gasteiger charge is -2.11. The average molecular weight is 366 g/mol. The third-order valence-electron chi connectivity index (χ3n) is 4.03. The van der Waals surface area contributed by atoms with Gasteiger partial charge in [-0.3, -0.25) is 9.36 Å². The van der Waals surface area contributed by atoms with Crippen LogP contribution in [-0.2, 0) is 0 Å². The van der Waals surface area contributed by atoms with Crippen molar-refractivity contribution in [1.82, 2.24) is 14.8 Å². The highest BCUT2D eigenvalue weighted by atomic mass is 32.1. The topological polar surface area (TPSA) is 103 Å². The van der Waals surface area contributed by atoms with Crippen LogP contribution in [0.5, 0.6) is 11.5 Å². The lowest BCUT2D eigenvalue weighted by atomic mass is 10.1. The maximum absolute atomic E-state index is 11.8. The van der Waals surface area contributed by atoms with E-state index in [-0.39, 0.29) is 11.6 Å². The third kappa shape index (κ3) is 2.56. The molecule has 1 amide bonds. The van der Waals surface area contributed by atoms with Crippen molar-refractivity contribution in [1.29, 1.82) is 0 Å². The summed E-state index contributed by atoms with van der Waals surface area (Å²) in [4.78, 5) is 11.8. The predicted octanol–water partition coefficient (Wildman–Crippen LogP) is 2.96. The van der Waals surface area contributed by atoms with E-state index in [0.29, 0.717) is 22.8 Å². The number of ether oxygens (including phenoxy) is 1. The number of amides is 1. The van der Waals surface area contributed by atoms with E-state index in [2.05, 4.69) is 10.2 Å². The molecule has 4 rings (SSSR count). The Labute approximate surface area is 152 Å². The molecule has 3 N–H and O–H groups in total. The number of aromatic nitrogens is 3. The van der Waals surface area contributed by atoms with Crippen molar-refractivity contribution in [2.24, 2.45) is 5.73 Å². The summed E-state index contributed by atoms with van der Waals surface area (Å²) >= 11 is 1.53. The summed E-state index contributed by atoms with van der Waals surface area (Å²) in [6.45, 7) is 0. The summed E-state index contributed by atoms with van der Waals surface area (Å²) in [5.41, 5.74) is 6.56. The summed E-state index contributed by atoms with van der Waals surface area (Å²) in [6, 6.07) is 12.5. The van der Waals surface area contributed by atoms with E-state index < -0.39 is 5.91 Å². The van der Waals surface area contributed by atoms with Gasteiger partial charge in [0.1, 0.15) is 11.5 Å². The summed E-state index contributed by atoms with van der Waals surface area (Å²) in [6.07, 6.45) is 0. The zero-order chi connectivity index (χ0) is 18.3. The van der Waals surface area contributed by atoms with Gasteiger partial charge in [-0.2, -0.15) is 0 Å². The molecule has 2 aromatic heterocycles. The fraction of sp³-hybridized carbons (Fsp3) is 0.0556. The quantitative estimate of drug-likeness (QED) is 0.578. The molecule has 0 atom stereocenters. The number of nitrogens with zero attached hydrogens (tertiary/aromatic N) is 3. The summed E-state index contributed by atoms with van der Waals surface area (Å²) in [5.74, 6) is 0.324. The number of phenolic OH excluding ortho intramolecular Hbond substituents is 1. The first kappa shape index (κ1) is 16.1. The number of thiophene rings is 1. The molecule has 2 heterocycles. The SMILES string of the molecule is COc1ccc(-n2c(C(N)=O)nnc2-c2cc3ccsc3cc2O)cc1. The minimum absolute atomic E-state index is 0.0185. The van der Waals surface area contributed by atoms with E-state index in [1.807, 2.05) is 17.5 Å². The van der Waals surface area contributed by atoms with Crippen LogP contribution >= 0.6 is 11.3 Å². The Morgan fingerprint density at radius 1 is 1.19 bits per heavy atom. The van der Waals surface area contributed by atoms with Crippen LogP contribution in [-0.4, -0.2) is 32.9 Å². The molecular formula is C18H14N4O3S. The van der Waals surface area contributed by atoms with Gasteiger partial charge in [-0.25, -0.2) is 0 Å². The van der Waals surface area contributed by atoms with Crippen molar-refractivity contribution in [3.05, 3.63) is 53.7 Å². The van der Waals surface area contributed by atoms with Crippen LogP contribution in [0.2, 0.25) is 0 Å². The summed E-state index contributed by atoms with van der Waals surface area (Å²) < 4.78 is 7.64. The van der Waals surface area contributed by atoms with Crippen molar-refractivity contribution < 1.29 is 14.6 Å². The number of methoxy groups -OCH3 is 1. The predicted molar refractivity (Wildman–Crippen MR) is 98.9 cm³/mol. The fourth-order valence-corrected chi connectivity index (χ4v) is 3.58. The minimum Gasteiger partial charge on any atom is -0.507 e. The van der Waals surface area contributed by atoms with Gasteiger partial charge in [0.25, 0.3) is 5.91 Å². The molecule has 0 bridgehead atoms. The standard InChI is InChI=1S/C18H14N4O3S/c1-25-12-4-2-11(3-5-12)22-17(20-21-18(22)16(19)24)13-8-10-6-7-26-15(10)9-14(13)23/h2-9,23H,1H3,(H2,19,24). The second-order valence-corrected chi connectivity index (χ2v) is 6.52. The number of aromatic hydroxyl groups is 1. The molecule has 0 aliphatic heterocycles. The van der Waals surface area contributed by atoms with Gasteiger partial charge in [0.05, 0.1) is 12.7 Å². The fourth-order valence-electron chi connectivity index (χ4n) is 2.77. The Bertz CT molecular complexity index is 1120. The van der Waals surface area contributed by atoms with E-state index in [0.717, 1.165) is 10.1 Å². The number of fused-ring (bicyclic) bond motifs is 1. The summed E-state index contributed by atoms with van der Waals surface area (Å²) in [7, 11) is 1.57. The number of hydrogen-bond acceptors (Lipinski definition) is 6. The van der Waals surface area contributed by atoms with Crippen LogP contribution in [0, 0.1) is 0 Å². The lowest BCUT2D eigenvalue weighted by molar-refractivity contribution is 0.0988. The van der Waals surface area contributed by atoms with Gasteiger partial charge < -0.3 is 15.6 Å². The monoisotopic (exact) mass is 366 g/mol. The third-order valence-corrected chi connectivity index (χ3v) is 4.91. The lowest BCUT2D eigenvalue weighted by Crippen LogP contribution is -2.17. The number of primary amides is 1. The van der Waals surface area contributed by atoms with E-state index in [9.17, 15) is 9.90 Å². The number of hydrogen-bond donors (Lipinski definition) is 2. The van der Waals surface area contributed by atoms with E-state index >= 15 is 0 Å². The Morgan fingerprint density at radius 3 is 2.65 bits per heavy atom. The highest BCUT2D eigenvalue weighted by Crippen LogP contribution is 2.36. The molecule has 26 heavy (non-hydrogen) atoms. The molecular weight excluding hydrogens is 352 g/mol. The molecule has 0 unspecified atom stereocenters. The van der Waals surface area contributed by atoms with Crippen LogP contribution in [0.25, 0.3) is 27.2 Å². The zero-order valence-corrected chi connectivity index (χ0v) is 14.5. The van der Waals surface area contributed by atoms with Crippen LogP contribution in [0.15, 0.2) is 47.8 Å². The molecule has 0 spiro atoms. The molecule has 7 nitrogen and oxygen atoms in total. The zero-order valence-electron chi connectivity index (χ0n) is 13.7. The maximum Gasteiger partial charge on any atom is 0.287 e. The van der Waals surface area contributed by atoms with E-state index in [4.69, 9.17) is 10.5 Å². The first-order chi connectivity index (χ1) is 12.6. The molecule has 2 aromatic carbocycles. The normalized spacial score (nSPS) is 11.0. The molecule has 0 aliphatic rings. The Hall–Kier alpha value is -3.39. The average Bonchev–Trinajstić information content (AvgIpc) is 3.27. The molecule has 8 heteroatoms. The van der Waals surface area contributed by atoms with Crippen molar-refractivity contribution in [3.63, 3.8) is 0 Å². The first-order valence-corrected chi connectivity index (χ1v) is 8.56. The molecule has 130 valence electrons. The molecule has 0 fully saturated rings. The van der Waals surface area contributed by atoms with Crippen molar-refractivity contribution in [2.45, 2.75) is 0 Å². The second-order valence-electron chi connectivity index (χ2n) is 5.57. The van der Waals surface area contributed by atoms with Crippen LogP contribution < -0.4 is 10.5 Å². The van der Waals surface area contributed by atoms with E-state index in [1.165, 1.54) is 15.9 Å². The highest BCUT2D eigenvalue weighted by Gasteiger charge is 2.21. The van der Waals surface area contributed by atoms with Crippen LogP contribution in [0.3, 0.4) is 0 Å². The van der Waals surface area contributed by atoms with Gasteiger partial charge in [-0.15, -0.1) is 21.5 Å². The maximum atomic E-state index is 11.8. The van der Waals surface area contributed by atoms with Gasteiger partial charge >= 0.3 is 0 Å². The summed E-state index contributed by atoms with van der Waals surface area (Å²) in [5, 5.41) is 21.4. The van der Waals surface area contributed by atoms with Gasteiger partial charge in [0.15, 0.2) is 5.82 Å².